The number of rotatable bonds is 5. The summed E-state index contributed by atoms with van der Waals surface area (Å²) in [6.45, 7) is 4.05. The van der Waals surface area contributed by atoms with E-state index in [0.29, 0.717) is 6.42 Å². The predicted molar refractivity (Wildman–Crippen MR) is 88.4 cm³/mol. The normalized spacial score (nSPS) is 10.7. The number of methoxy groups -OCH3 is 1. The van der Waals surface area contributed by atoms with Crippen LogP contribution in [0.15, 0.2) is 47.6 Å². The van der Waals surface area contributed by atoms with Gasteiger partial charge in [0.25, 0.3) is 0 Å². The summed E-state index contributed by atoms with van der Waals surface area (Å²) in [4.78, 5) is 11.9. The van der Waals surface area contributed by atoms with Crippen LogP contribution in [0.3, 0.4) is 0 Å². The van der Waals surface area contributed by atoms with Gasteiger partial charge in [-0.25, -0.2) is 5.43 Å². The Hall–Kier alpha value is -2.62. The van der Waals surface area contributed by atoms with Crippen molar-refractivity contribution in [3.05, 3.63) is 64.7 Å². The lowest BCUT2D eigenvalue weighted by atomic mass is 10.0. The molecular weight excluding hydrogens is 276 g/mol. The first-order valence-corrected chi connectivity index (χ1v) is 7.10. The molecule has 114 valence electrons. The quantitative estimate of drug-likeness (QED) is 0.681. The molecule has 1 amide bonds. The zero-order valence-corrected chi connectivity index (χ0v) is 13.1. The van der Waals surface area contributed by atoms with Gasteiger partial charge in [-0.3, -0.25) is 4.79 Å². The van der Waals surface area contributed by atoms with Crippen molar-refractivity contribution in [3.8, 4) is 5.75 Å². The summed E-state index contributed by atoms with van der Waals surface area (Å²) >= 11 is 0. The molecule has 0 aliphatic heterocycles. The van der Waals surface area contributed by atoms with Gasteiger partial charge in [-0.2, -0.15) is 5.10 Å². The van der Waals surface area contributed by atoms with Gasteiger partial charge in [0, 0.05) is 0 Å². The van der Waals surface area contributed by atoms with E-state index in [1.807, 2.05) is 50.2 Å². The minimum atomic E-state index is -0.128. The van der Waals surface area contributed by atoms with Crippen LogP contribution in [0.5, 0.6) is 5.75 Å². The van der Waals surface area contributed by atoms with Crippen LogP contribution in [-0.2, 0) is 11.2 Å². The fourth-order valence-electron chi connectivity index (χ4n) is 2.13. The molecule has 2 aromatic rings. The Labute approximate surface area is 130 Å². The van der Waals surface area contributed by atoms with Crippen LogP contribution < -0.4 is 10.2 Å². The first-order chi connectivity index (χ1) is 10.6. The third-order valence-corrected chi connectivity index (χ3v) is 3.37. The number of carbonyl (C=O) groups excluding carboxylic acids is 1. The van der Waals surface area contributed by atoms with Gasteiger partial charge in [0.05, 0.1) is 19.7 Å². The van der Waals surface area contributed by atoms with Crippen LogP contribution in [0.25, 0.3) is 0 Å². The number of hydrogen-bond donors (Lipinski definition) is 1. The molecular formula is C18H20N2O2. The van der Waals surface area contributed by atoms with Gasteiger partial charge in [-0.1, -0.05) is 23.8 Å². The average molecular weight is 296 g/mol. The first kappa shape index (κ1) is 15.8. The van der Waals surface area contributed by atoms with E-state index >= 15 is 0 Å². The molecule has 0 radical (unpaired) electrons. The third-order valence-electron chi connectivity index (χ3n) is 3.37. The first-order valence-electron chi connectivity index (χ1n) is 7.10. The summed E-state index contributed by atoms with van der Waals surface area (Å²) < 4.78 is 5.08. The topological polar surface area (TPSA) is 50.7 Å². The fraction of sp³-hybridized carbons (Fsp3) is 0.222. The number of hydrogen-bond acceptors (Lipinski definition) is 3. The summed E-state index contributed by atoms with van der Waals surface area (Å²) in [6.07, 6.45) is 1.94. The van der Waals surface area contributed by atoms with Gasteiger partial charge >= 0.3 is 0 Å². The highest BCUT2D eigenvalue weighted by Crippen LogP contribution is 2.11. The van der Waals surface area contributed by atoms with E-state index < -0.39 is 0 Å². The molecule has 0 aliphatic rings. The third kappa shape index (κ3) is 4.45. The number of ether oxygens (including phenoxy) is 1. The number of nitrogens with zero attached hydrogens (tertiary/aromatic N) is 1. The second kappa shape index (κ2) is 7.41. The molecule has 0 bridgehead atoms. The zero-order valence-electron chi connectivity index (χ0n) is 13.1. The van der Waals surface area contributed by atoms with E-state index in [2.05, 4.69) is 16.6 Å². The molecule has 0 fully saturated rings. The largest absolute Gasteiger partial charge is 0.497 e. The summed E-state index contributed by atoms with van der Waals surface area (Å²) in [5.74, 6) is 0.660. The number of amides is 1. The molecule has 2 rings (SSSR count). The molecule has 0 saturated carbocycles. The molecule has 0 spiro atoms. The van der Waals surface area contributed by atoms with Crippen molar-refractivity contribution in [2.24, 2.45) is 5.10 Å². The molecule has 0 saturated heterocycles. The molecule has 22 heavy (non-hydrogen) atoms. The van der Waals surface area contributed by atoms with Crippen LogP contribution in [0.2, 0.25) is 0 Å². The van der Waals surface area contributed by atoms with Gasteiger partial charge < -0.3 is 4.74 Å². The van der Waals surface area contributed by atoms with E-state index in [1.165, 1.54) is 5.56 Å². The van der Waals surface area contributed by atoms with Crippen molar-refractivity contribution >= 4 is 12.1 Å². The highest BCUT2D eigenvalue weighted by Gasteiger charge is 2.05. The predicted octanol–water partition coefficient (Wildman–Crippen LogP) is 3.00. The maximum atomic E-state index is 11.9. The summed E-state index contributed by atoms with van der Waals surface area (Å²) in [5, 5.41) is 3.98. The molecule has 4 heteroatoms. The number of aryl methyl sites for hydroxylation is 2. The van der Waals surface area contributed by atoms with Crippen LogP contribution in [0.1, 0.15) is 22.3 Å². The van der Waals surface area contributed by atoms with Crippen molar-refractivity contribution in [3.63, 3.8) is 0 Å². The van der Waals surface area contributed by atoms with Crippen LogP contribution in [-0.4, -0.2) is 19.2 Å². The Morgan fingerprint density at radius 3 is 2.55 bits per heavy atom. The van der Waals surface area contributed by atoms with Gasteiger partial charge in [0.2, 0.25) is 5.91 Å². The van der Waals surface area contributed by atoms with Gasteiger partial charge in [0.1, 0.15) is 5.75 Å². The zero-order chi connectivity index (χ0) is 15.9. The summed E-state index contributed by atoms with van der Waals surface area (Å²) in [5.41, 5.74) is 6.78. The molecule has 2 aromatic carbocycles. The number of benzene rings is 2. The van der Waals surface area contributed by atoms with Crippen molar-refractivity contribution < 1.29 is 9.53 Å². The van der Waals surface area contributed by atoms with Gasteiger partial charge in [-0.05, 0) is 54.8 Å². The molecule has 0 aromatic heterocycles. The van der Waals surface area contributed by atoms with Crippen LogP contribution in [0, 0.1) is 13.8 Å². The standard InChI is InChI=1S/C18H20N2O2/c1-13-4-7-16(14(2)10-13)11-18(21)20-19-12-15-5-8-17(22-3)9-6-15/h4-10,12H,11H2,1-3H3,(H,20,21)/b19-12+. The maximum absolute atomic E-state index is 11.9. The second-order valence-corrected chi connectivity index (χ2v) is 5.17. The van der Waals surface area contributed by atoms with Crippen molar-refractivity contribution in [2.75, 3.05) is 7.11 Å². The molecule has 1 N–H and O–H groups in total. The minimum absolute atomic E-state index is 0.128. The Morgan fingerprint density at radius 2 is 1.91 bits per heavy atom. The molecule has 0 unspecified atom stereocenters. The SMILES string of the molecule is COc1ccc(/C=N/NC(=O)Cc2ccc(C)cc2C)cc1. The monoisotopic (exact) mass is 296 g/mol. The second-order valence-electron chi connectivity index (χ2n) is 5.17. The number of carbonyl (C=O) groups is 1. The lowest BCUT2D eigenvalue weighted by molar-refractivity contribution is -0.120. The van der Waals surface area contributed by atoms with E-state index in [1.54, 1.807) is 13.3 Å². The van der Waals surface area contributed by atoms with Crippen molar-refractivity contribution in [2.45, 2.75) is 20.3 Å². The number of nitrogens with one attached hydrogen (secondary N) is 1. The van der Waals surface area contributed by atoms with Crippen LogP contribution in [0.4, 0.5) is 0 Å². The Balaban J connectivity index is 1.90. The van der Waals surface area contributed by atoms with Gasteiger partial charge in [-0.15, -0.1) is 0 Å². The lowest BCUT2D eigenvalue weighted by Crippen LogP contribution is -2.20. The van der Waals surface area contributed by atoms with E-state index in [4.69, 9.17) is 4.74 Å². The molecule has 0 heterocycles. The lowest BCUT2D eigenvalue weighted by Gasteiger charge is -2.05. The molecule has 0 aliphatic carbocycles. The Bertz CT molecular complexity index is 676. The summed E-state index contributed by atoms with van der Waals surface area (Å²) in [7, 11) is 1.62. The molecule has 0 atom stereocenters. The number of hydrazone groups is 1. The highest BCUT2D eigenvalue weighted by atomic mass is 16.5. The van der Waals surface area contributed by atoms with Gasteiger partial charge in [0.15, 0.2) is 0 Å². The van der Waals surface area contributed by atoms with E-state index in [-0.39, 0.29) is 5.91 Å². The van der Waals surface area contributed by atoms with E-state index in [9.17, 15) is 4.79 Å². The Kier molecular flexibility index (Phi) is 5.31. The smallest absolute Gasteiger partial charge is 0.244 e. The fourth-order valence-corrected chi connectivity index (χ4v) is 2.13. The average Bonchev–Trinajstić information content (AvgIpc) is 2.51. The van der Waals surface area contributed by atoms with E-state index in [0.717, 1.165) is 22.4 Å². The Morgan fingerprint density at radius 1 is 1.18 bits per heavy atom. The summed E-state index contributed by atoms with van der Waals surface area (Å²) in [6, 6.07) is 13.5. The highest BCUT2D eigenvalue weighted by molar-refractivity contribution is 5.83. The molecule has 4 nitrogen and oxygen atoms in total. The maximum Gasteiger partial charge on any atom is 0.244 e. The van der Waals surface area contributed by atoms with Crippen molar-refractivity contribution in [1.82, 2.24) is 5.43 Å². The minimum Gasteiger partial charge on any atom is -0.497 e. The van der Waals surface area contributed by atoms with Crippen molar-refractivity contribution in [1.29, 1.82) is 0 Å². The van der Waals surface area contributed by atoms with Crippen LogP contribution >= 0.6 is 0 Å².